The smallest absolute Gasteiger partial charge is 0.276 e. The maximum atomic E-state index is 13.4. The van der Waals surface area contributed by atoms with E-state index in [-0.39, 0.29) is 11.5 Å². The molecule has 1 atom stereocenters. The van der Waals surface area contributed by atoms with Crippen molar-refractivity contribution in [2.24, 2.45) is 0 Å². The van der Waals surface area contributed by atoms with Crippen molar-refractivity contribution in [2.75, 3.05) is 23.3 Å². The lowest BCUT2D eigenvalue weighted by atomic mass is 9.99. The van der Waals surface area contributed by atoms with Crippen LogP contribution in [-0.2, 0) is 6.42 Å². The van der Waals surface area contributed by atoms with Gasteiger partial charge in [-0.15, -0.1) is 0 Å². The molecule has 0 bridgehead atoms. The Balaban J connectivity index is 2.23. The normalized spacial score (nSPS) is 12.9. The predicted molar refractivity (Wildman–Crippen MR) is 141 cm³/mol. The second-order valence-electron chi connectivity index (χ2n) is 8.73. The number of nitrogens with zero attached hydrogens (tertiary/aromatic N) is 3. The van der Waals surface area contributed by atoms with Crippen LogP contribution >= 0.6 is 0 Å². The molecule has 3 aromatic rings. The first kappa shape index (κ1) is 24.6. The number of H-pyrrole nitrogens is 1. The Morgan fingerprint density at radius 3 is 2.48 bits per heavy atom. The third-order valence-corrected chi connectivity index (χ3v) is 6.76. The minimum Gasteiger partial charge on any atom is -0.372 e. The lowest BCUT2D eigenvalue weighted by Gasteiger charge is -2.22. The molecule has 2 aromatic heterocycles. The zero-order valence-corrected chi connectivity index (χ0v) is 21.5. The zero-order valence-electron chi connectivity index (χ0n) is 21.5. The molecule has 1 unspecified atom stereocenters. The van der Waals surface area contributed by atoms with Crippen molar-refractivity contribution in [1.29, 1.82) is 0 Å². The number of aryl methyl sites for hydroxylation is 1. The van der Waals surface area contributed by atoms with Crippen molar-refractivity contribution in [1.82, 2.24) is 14.6 Å². The van der Waals surface area contributed by atoms with Crippen molar-refractivity contribution < 1.29 is 0 Å². The van der Waals surface area contributed by atoms with Gasteiger partial charge in [0.15, 0.2) is 5.65 Å². The maximum Gasteiger partial charge on any atom is 0.276 e. The number of hydrogen-bond acceptors (Lipinski definition) is 4. The molecule has 6 nitrogen and oxygen atoms in total. The highest BCUT2D eigenvalue weighted by molar-refractivity contribution is 5.86. The third-order valence-electron chi connectivity index (χ3n) is 6.76. The topological polar surface area (TPSA) is 65.4 Å². The van der Waals surface area contributed by atoms with E-state index < -0.39 is 0 Å². The van der Waals surface area contributed by atoms with Crippen LogP contribution in [0.1, 0.15) is 83.3 Å². The van der Waals surface area contributed by atoms with Crippen LogP contribution in [0.25, 0.3) is 11.2 Å². The van der Waals surface area contributed by atoms with Gasteiger partial charge in [-0.05, 0) is 82.7 Å². The summed E-state index contributed by atoms with van der Waals surface area (Å²) in [5, 5.41) is 6.95. The minimum atomic E-state index is -0.00962. The molecule has 2 heterocycles. The molecule has 6 heteroatoms. The van der Waals surface area contributed by atoms with E-state index in [9.17, 15) is 4.79 Å². The van der Waals surface area contributed by atoms with Gasteiger partial charge >= 0.3 is 0 Å². The molecule has 0 saturated heterocycles. The average Bonchev–Trinajstić information content (AvgIpc) is 3.18. The number of benzene rings is 1. The van der Waals surface area contributed by atoms with E-state index in [0.717, 1.165) is 59.0 Å². The Morgan fingerprint density at radius 2 is 1.94 bits per heavy atom. The molecule has 0 spiro atoms. The Labute approximate surface area is 197 Å². The van der Waals surface area contributed by atoms with Gasteiger partial charge < -0.3 is 10.2 Å². The summed E-state index contributed by atoms with van der Waals surface area (Å²) in [5.41, 5.74) is 8.50. The van der Waals surface area contributed by atoms with Gasteiger partial charge in [-0.2, -0.15) is 4.52 Å². The first-order valence-electron chi connectivity index (χ1n) is 12.2. The summed E-state index contributed by atoms with van der Waals surface area (Å²) in [6.07, 6.45) is 3.66. The summed E-state index contributed by atoms with van der Waals surface area (Å²) in [7, 11) is 0. The standard InChI is InChI=1S/C27H39N5O/c1-9-17(6)23-21(11-3)27(33)32-26(29-23)25(24(30-32)18(7)10-2)28-22-15-14-20(16-19(22)8)31(12-4)13-5/h10,14-17,28,30H,9,11-13H2,1-8H3/b18-10+. The number of fused-ring (bicyclic) bond motifs is 1. The van der Waals surface area contributed by atoms with E-state index in [4.69, 9.17) is 4.98 Å². The van der Waals surface area contributed by atoms with Crippen LogP contribution in [0.15, 0.2) is 29.1 Å². The molecule has 178 valence electrons. The molecule has 0 radical (unpaired) electrons. The van der Waals surface area contributed by atoms with E-state index in [2.05, 4.69) is 68.1 Å². The number of allylic oxidation sites excluding steroid dienone is 2. The molecule has 0 aliphatic rings. The van der Waals surface area contributed by atoms with E-state index in [1.807, 2.05) is 26.8 Å². The van der Waals surface area contributed by atoms with Crippen molar-refractivity contribution in [3.8, 4) is 0 Å². The van der Waals surface area contributed by atoms with Gasteiger partial charge in [-0.1, -0.05) is 26.8 Å². The molecule has 0 saturated carbocycles. The summed E-state index contributed by atoms with van der Waals surface area (Å²) in [6.45, 7) is 18.8. The van der Waals surface area contributed by atoms with Gasteiger partial charge in [-0.25, -0.2) is 4.98 Å². The summed E-state index contributed by atoms with van der Waals surface area (Å²) < 4.78 is 1.61. The number of anilines is 3. The van der Waals surface area contributed by atoms with Gasteiger partial charge in [0, 0.05) is 30.0 Å². The number of hydrogen-bond donors (Lipinski definition) is 2. The Hall–Kier alpha value is -3.02. The quantitative estimate of drug-likeness (QED) is 0.396. The number of aromatic nitrogens is 3. The summed E-state index contributed by atoms with van der Waals surface area (Å²) in [4.78, 5) is 20.8. The highest BCUT2D eigenvalue weighted by Gasteiger charge is 2.22. The van der Waals surface area contributed by atoms with Crippen LogP contribution in [0.5, 0.6) is 0 Å². The average molecular weight is 450 g/mol. The fourth-order valence-corrected chi connectivity index (χ4v) is 4.31. The van der Waals surface area contributed by atoms with Gasteiger partial charge in [-0.3, -0.25) is 9.89 Å². The molecule has 1 aromatic carbocycles. The number of aromatic amines is 1. The van der Waals surface area contributed by atoms with Crippen molar-refractivity contribution in [3.63, 3.8) is 0 Å². The maximum absolute atomic E-state index is 13.4. The Bertz CT molecular complexity index is 1210. The van der Waals surface area contributed by atoms with Gasteiger partial charge in [0.05, 0.1) is 11.4 Å². The molecule has 0 amide bonds. The fourth-order valence-electron chi connectivity index (χ4n) is 4.31. The zero-order chi connectivity index (χ0) is 24.3. The molecule has 0 aliphatic heterocycles. The molecule has 2 N–H and O–H groups in total. The van der Waals surface area contributed by atoms with Crippen LogP contribution in [-0.4, -0.2) is 27.7 Å². The number of nitrogens with one attached hydrogen (secondary N) is 2. The Kier molecular flexibility index (Phi) is 7.67. The largest absolute Gasteiger partial charge is 0.372 e. The van der Waals surface area contributed by atoms with E-state index >= 15 is 0 Å². The van der Waals surface area contributed by atoms with Crippen molar-refractivity contribution >= 4 is 28.3 Å². The SMILES string of the molecule is C/C=C(\C)c1[nH]n2c(=O)c(CC)c(C(C)CC)nc2c1Nc1ccc(N(CC)CC)cc1C. The molecule has 0 aliphatic carbocycles. The van der Waals surface area contributed by atoms with Crippen LogP contribution in [0.4, 0.5) is 17.1 Å². The number of rotatable bonds is 9. The molecule has 0 fully saturated rings. The fraction of sp³-hybridized carbons (Fsp3) is 0.481. The summed E-state index contributed by atoms with van der Waals surface area (Å²) >= 11 is 0. The van der Waals surface area contributed by atoms with Crippen LogP contribution < -0.4 is 15.8 Å². The highest BCUT2D eigenvalue weighted by Crippen LogP contribution is 2.33. The van der Waals surface area contributed by atoms with E-state index in [0.29, 0.717) is 12.1 Å². The lowest BCUT2D eigenvalue weighted by molar-refractivity contribution is 0.685. The van der Waals surface area contributed by atoms with Crippen LogP contribution in [0.2, 0.25) is 0 Å². The highest BCUT2D eigenvalue weighted by atomic mass is 16.1. The predicted octanol–water partition coefficient (Wildman–Crippen LogP) is 6.42. The van der Waals surface area contributed by atoms with Crippen molar-refractivity contribution in [2.45, 2.75) is 74.1 Å². The monoisotopic (exact) mass is 449 g/mol. The third kappa shape index (κ3) is 4.56. The van der Waals surface area contributed by atoms with E-state index in [1.165, 1.54) is 5.69 Å². The van der Waals surface area contributed by atoms with Gasteiger partial charge in [0.1, 0.15) is 5.69 Å². The first-order chi connectivity index (χ1) is 15.8. The molecule has 33 heavy (non-hydrogen) atoms. The second-order valence-corrected chi connectivity index (χ2v) is 8.73. The molecular formula is C27H39N5O. The van der Waals surface area contributed by atoms with E-state index in [1.54, 1.807) is 4.52 Å². The van der Waals surface area contributed by atoms with Crippen molar-refractivity contribution in [3.05, 3.63) is 57.1 Å². The summed E-state index contributed by atoms with van der Waals surface area (Å²) in [5.74, 6) is 0.224. The Morgan fingerprint density at radius 1 is 1.24 bits per heavy atom. The van der Waals surface area contributed by atoms with Gasteiger partial charge in [0.25, 0.3) is 5.56 Å². The lowest BCUT2D eigenvalue weighted by Crippen LogP contribution is -2.23. The van der Waals surface area contributed by atoms with Crippen LogP contribution in [0.3, 0.4) is 0 Å². The molecular weight excluding hydrogens is 410 g/mol. The second kappa shape index (κ2) is 10.3. The minimum absolute atomic E-state index is 0.00962. The summed E-state index contributed by atoms with van der Waals surface area (Å²) in [6, 6.07) is 6.49. The van der Waals surface area contributed by atoms with Gasteiger partial charge in [0.2, 0.25) is 0 Å². The molecule has 3 rings (SSSR count). The van der Waals surface area contributed by atoms with Crippen LogP contribution in [0, 0.1) is 6.92 Å². The first-order valence-corrected chi connectivity index (χ1v) is 12.2.